The van der Waals surface area contributed by atoms with Crippen LogP contribution in [0.3, 0.4) is 0 Å². The van der Waals surface area contributed by atoms with E-state index in [1.807, 2.05) is 44.2 Å². The summed E-state index contributed by atoms with van der Waals surface area (Å²) in [6.45, 7) is 6.58. The lowest BCUT2D eigenvalue weighted by molar-refractivity contribution is 0.173. The fourth-order valence-corrected chi connectivity index (χ4v) is 2.59. The maximum absolute atomic E-state index is 11.9. The second-order valence-electron chi connectivity index (χ2n) is 6.01. The normalized spacial score (nSPS) is 11.8. The summed E-state index contributed by atoms with van der Waals surface area (Å²) in [5.41, 5.74) is 5.00. The number of nitrogens with one attached hydrogen (secondary N) is 2. The number of pyridine rings is 1. The van der Waals surface area contributed by atoms with Crippen LogP contribution in [-0.4, -0.2) is 22.7 Å². The molecule has 0 aliphatic rings. The zero-order valence-corrected chi connectivity index (χ0v) is 14.5. The van der Waals surface area contributed by atoms with E-state index in [9.17, 15) is 9.90 Å². The monoisotopic (exact) mass is 327 g/mol. The van der Waals surface area contributed by atoms with E-state index in [4.69, 9.17) is 0 Å². The lowest BCUT2D eigenvalue weighted by Gasteiger charge is -2.14. The molecule has 24 heavy (non-hydrogen) atoms. The summed E-state index contributed by atoms with van der Waals surface area (Å²) in [4.78, 5) is 16.1. The van der Waals surface area contributed by atoms with Crippen LogP contribution < -0.4 is 10.6 Å². The number of benzene rings is 1. The Morgan fingerprint density at radius 2 is 1.88 bits per heavy atom. The Morgan fingerprint density at radius 3 is 2.54 bits per heavy atom. The average molecular weight is 327 g/mol. The van der Waals surface area contributed by atoms with Gasteiger partial charge in [0.15, 0.2) is 0 Å². The molecule has 0 saturated heterocycles. The van der Waals surface area contributed by atoms with Crippen LogP contribution in [0.4, 0.5) is 4.79 Å². The minimum absolute atomic E-state index is 0.164. The van der Waals surface area contributed by atoms with Crippen molar-refractivity contribution < 1.29 is 9.90 Å². The van der Waals surface area contributed by atoms with Gasteiger partial charge in [-0.2, -0.15) is 0 Å². The number of aliphatic hydroxyl groups is 1. The van der Waals surface area contributed by atoms with Gasteiger partial charge in [0, 0.05) is 12.7 Å². The van der Waals surface area contributed by atoms with E-state index < -0.39 is 6.10 Å². The molecule has 5 heteroatoms. The number of hydrogen-bond acceptors (Lipinski definition) is 3. The number of aromatic nitrogens is 1. The van der Waals surface area contributed by atoms with Crippen LogP contribution in [0.2, 0.25) is 0 Å². The first kappa shape index (κ1) is 17.9. The molecule has 2 rings (SSSR count). The van der Waals surface area contributed by atoms with Crippen molar-refractivity contribution in [2.75, 3.05) is 6.54 Å². The van der Waals surface area contributed by atoms with Crippen molar-refractivity contribution in [2.45, 2.75) is 39.8 Å². The minimum atomic E-state index is -0.726. The first-order chi connectivity index (χ1) is 11.5. The molecule has 128 valence electrons. The molecule has 0 radical (unpaired) electrons. The van der Waals surface area contributed by atoms with E-state index in [0.717, 1.165) is 28.8 Å². The SMILES string of the molecule is CCc1ccnc(CNC(=O)NCC(O)c2cc(C)cc(C)c2)c1. The molecule has 0 saturated carbocycles. The van der Waals surface area contributed by atoms with Gasteiger partial charge in [0.05, 0.1) is 18.3 Å². The molecule has 1 heterocycles. The molecule has 3 N–H and O–H groups in total. The summed E-state index contributed by atoms with van der Waals surface area (Å²) in [5, 5.41) is 15.7. The van der Waals surface area contributed by atoms with Gasteiger partial charge in [-0.1, -0.05) is 36.2 Å². The molecule has 0 spiro atoms. The van der Waals surface area contributed by atoms with Crippen molar-refractivity contribution in [1.29, 1.82) is 0 Å². The van der Waals surface area contributed by atoms with Crippen molar-refractivity contribution in [3.8, 4) is 0 Å². The fraction of sp³-hybridized carbons (Fsp3) is 0.368. The first-order valence-corrected chi connectivity index (χ1v) is 8.19. The van der Waals surface area contributed by atoms with Crippen molar-refractivity contribution in [1.82, 2.24) is 15.6 Å². The molecule has 2 aromatic rings. The lowest BCUT2D eigenvalue weighted by atomic mass is 10.0. The summed E-state index contributed by atoms with van der Waals surface area (Å²) >= 11 is 0. The van der Waals surface area contributed by atoms with E-state index in [1.54, 1.807) is 6.20 Å². The van der Waals surface area contributed by atoms with Crippen molar-refractivity contribution in [3.05, 3.63) is 64.5 Å². The fourth-order valence-electron chi connectivity index (χ4n) is 2.59. The molecule has 1 aromatic heterocycles. The average Bonchev–Trinajstić information content (AvgIpc) is 2.57. The van der Waals surface area contributed by atoms with Crippen LogP contribution in [0, 0.1) is 13.8 Å². The Bertz CT molecular complexity index is 681. The summed E-state index contributed by atoms with van der Waals surface area (Å²) in [7, 11) is 0. The number of amides is 2. The largest absolute Gasteiger partial charge is 0.387 e. The van der Waals surface area contributed by atoms with Gasteiger partial charge in [-0.05, 0) is 43.5 Å². The topological polar surface area (TPSA) is 74.2 Å². The smallest absolute Gasteiger partial charge is 0.315 e. The number of urea groups is 1. The second-order valence-corrected chi connectivity index (χ2v) is 6.01. The highest BCUT2D eigenvalue weighted by Crippen LogP contribution is 2.16. The summed E-state index contributed by atoms with van der Waals surface area (Å²) in [5.74, 6) is 0. The van der Waals surface area contributed by atoms with E-state index in [0.29, 0.717) is 6.54 Å². The Morgan fingerprint density at radius 1 is 1.17 bits per heavy atom. The van der Waals surface area contributed by atoms with Crippen LogP contribution >= 0.6 is 0 Å². The zero-order valence-electron chi connectivity index (χ0n) is 14.5. The number of carbonyl (C=O) groups is 1. The summed E-state index contributed by atoms with van der Waals surface area (Å²) < 4.78 is 0. The molecule has 0 aliphatic carbocycles. The molecule has 0 fully saturated rings. The highest BCUT2D eigenvalue weighted by Gasteiger charge is 2.10. The van der Waals surface area contributed by atoms with Crippen LogP contribution in [0.25, 0.3) is 0 Å². The molecule has 1 aromatic carbocycles. The van der Waals surface area contributed by atoms with Crippen LogP contribution in [0.5, 0.6) is 0 Å². The lowest BCUT2D eigenvalue weighted by Crippen LogP contribution is -2.37. The van der Waals surface area contributed by atoms with E-state index in [1.165, 1.54) is 5.56 Å². The predicted molar refractivity (Wildman–Crippen MR) is 94.7 cm³/mol. The molecular weight excluding hydrogens is 302 g/mol. The number of hydrogen-bond donors (Lipinski definition) is 3. The quantitative estimate of drug-likeness (QED) is 0.764. The maximum Gasteiger partial charge on any atom is 0.315 e. The summed E-state index contributed by atoms with van der Waals surface area (Å²) in [6, 6.07) is 9.53. The minimum Gasteiger partial charge on any atom is -0.387 e. The molecule has 2 amide bonds. The highest BCUT2D eigenvalue weighted by atomic mass is 16.3. The van der Waals surface area contributed by atoms with Gasteiger partial charge in [0.1, 0.15) is 0 Å². The Labute approximate surface area is 143 Å². The van der Waals surface area contributed by atoms with Gasteiger partial charge < -0.3 is 15.7 Å². The number of aryl methyl sites for hydroxylation is 3. The zero-order chi connectivity index (χ0) is 17.5. The predicted octanol–water partition coefficient (Wildman–Crippen LogP) is 2.79. The molecule has 1 atom stereocenters. The van der Waals surface area contributed by atoms with Crippen molar-refractivity contribution in [2.24, 2.45) is 0 Å². The summed E-state index contributed by atoms with van der Waals surface area (Å²) in [6.07, 6.45) is 1.96. The van der Waals surface area contributed by atoms with Gasteiger partial charge in [-0.3, -0.25) is 4.98 Å². The molecule has 5 nitrogen and oxygen atoms in total. The van der Waals surface area contributed by atoms with Crippen LogP contribution in [-0.2, 0) is 13.0 Å². The highest BCUT2D eigenvalue weighted by molar-refractivity contribution is 5.73. The molecule has 1 unspecified atom stereocenters. The number of nitrogens with zero attached hydrogens (tertiary/aromatic N) is 1. The van der Waals surface area contributed by atoms with Gasteiger partial charge in [0.25, 0.3) is 0 Å². The molecule has 0 bridgehead atoms. The van der Waals surface area contributed by atoms with Gasteiger partial charge >= 0.3 is 6.03 Å². The molecule has 0 aliphatic heterocycles. The number of carbonyl (C=O) groups excluding carboxylic acids is 1. The number of rotatable bonds is 6. The Hall–Kier alpha value is -2.40. The van der Waals surface area contributed by atoms with Crippen LogP contribution in [0.15, 0.2) is 36.5 Å². The van der Waals surface area contributed by atoms with Crippen molar-refractivity contribution in [3.63, 3.8) is 0 Å². The number of aliphatic hydroxyl groups excluding tert-OH is 1. The Balaban J connectivity index is 1.82. The maximum atomic E-state index is 11.9. The third-order valence-electron chi connectivity index (χ3n) is 3.80. The van der Waals surface area contributed by atoms with Gasteiger partial charge in [-0.15, -0.1) is 0 Å². The van der Waals surface area contributed by atoms with E-state index >= 15 is 0 Å². The third-order valence-corrected chi connectivity index (χ3v) is 3.80. The third kappa shape index (κ3) is 5.35. The van der Waals surface area contributed by atoms with E-state index in [-0.39, 0.29) is 12.6 Å². The first-order valence-electron chi connectivity index (χ1n) is 8.19. The Kier molecular flexibility index (Phi) is 6.32. The van der Waals surface area contributed by atoms with Gasteiger partial charge in [0.2, 0.25) is 0 Å². The van der Waals surface area contributed by atoms with E-state index in [2.05, 4.69) is 22.5 Å². The van der Waals surface area contributed by atoms with Crippen molar-refractivity contribution >= 4 is 6.03 Å². The van der Waals surface area contributed by atoms with Gasteiger partial charge in [-0.25, -0.2) is 4.79 Å². The second kappa shape index (κ2) is 8.45. The molecular formula is C19H25N3O2. The standard InChI is InChI=1S/C19H25N3O2/c1-4-15-5-6-20-17(10-15)11-21-19(24)22-12-18(23)16-8-13(2)7-14(3)9-16/h5-10,18,23H,4,11-12H2,1-3H3,(H2,21,22,24). The van der Waals surface area contributed by atoms with Crippen LogP contribution in [0.1, 0.15) is 41.0 Å².